The molecule has 5 nitrogen and oxygen atoms in total. The molecule has 0 aromatic heterocycles. The van der Waals surface area contributed by atoms with E-state index in [-0.39, 0.29) is 17.9 Å². The highest BCUT2D eigenvalue weighted by molar-refractivity contribution is 7.80. The molecule has 96 valence electrons. The van der Waals surface area contributed by atoms with Crippen LogP contribution in [0.4, 0.5) is 0 Å². The van der Waals surface area contributed by atoms with Crippen LogP contribution in [0.3, 0.4) is 0 Å². The second kappa shape index (κ2) is 5.75. The maximum Gasteiger partial charge on any atom is 0.228 e. The molecule has 2 N–H and O–H groups in total. The molecule has 2 fully saturated rings. The summed E-state index contributed by atoms with van der Waals surface area (Å²) in [7, 11) is 0. The fourth-order valence-corrected chi connectivity index (χ4v) is 2.36. The van der Waals surface area contributed by atoms with Gasteiger partial charge in [0, 0.05) is 13.2 Å². The molecular weight excluding hydrogens is 240 g/mol. The van der Waals surface area contributed by atoms with E-state index in [0.29, 0.717) is 31.3 Å². The molecule has 0 bridgehead atoms. The van der Waals surface area contributed by atoms with Crippen LogP contribution in [0.2, 0.25) is 0 Å². The lowest BCUT2D eigenvalue weighted by molar-refractivity contribution is -0.145. The van der Waals surface area contributed by atoms with Gasteiger partial charge in [-0.1, -0.05) is 12.2 Å². The van der Waals surface area contributed by atoms with Gasteiger partial charge in [-0.25, -0.2) is 0 Å². The Morgan fingerprint density at radius 3 is 2.88 bits per heavy atom. The smallest absolute Gasteiger partial charge is 0.228 e. The fraction of sp³-hybridized carbons (Fsp3) is 0.818. The van der Waals surface area contributed by atoms with Crippen LogP contribution in [0.1, 0.15) is 12.8 Å². The number of nitrogens with zero attached hydrogens (tertiary/aromatic N) is 1. The summed E-state index contributed by atoms with van der Waals surface area (Å²) in [4.78, 5) is 14.3. The van der Waals surface area contributed by atoms with E-state index in [1.165, 1.54) is 0 Å². The van der Waals surface area contributed by atoms with Gasteiger partial charge in [-0.3, -0.25) is 4.79 Å². The number of thiocarbonyl (C=S) groups is 1. The Balaban J connectivity index is 1.91. The number of carbonyl (C=O) groups is 1. The number of morpholine rings is 1. The van der Waals surface area contributed by atoms with Crippen LogP contribution in [0.5, 0.6) is 0 Å². The molecule has 6 heteroatoms. The summed E-state index contributed by atoms with van der Waals surface area (Å²) in [6, 6.07) is 0. The first-order chi connectivity index (χ1) is 8.18. The Hall–Kier alpha value is -0.720. The third-order valence-electron chi connectivity index (χ3n) is 3.20. The largest absolute Gasteiger partial charge is 0.391 e. The van der Waals surface area contributed by atoms with Crippen LogP contribution in [0.25, 0.3) is 0 Å². The van der Waals surface area contributed by atoms with E-state index in [1.54, 1.807) is 4.90 Å². The molecule has 2 saturated heterocycles. The minimum Gasteiger partial charge on any atom is -0.391 e. The molecule has 0 aliphatic carbocycles. The van der Waals surface area contributed by atoms with Crippen molar-refractivity contribution in [2.45, 2.75) is 18.9 Å². The van der Waals surface area contributed by atoms with E-state index in [2.05, 4.69) is 0 Å². The number of rotatable bonds is 2. The highest BCUT2D eigenvalue weighted by Crippen LogP contribution is 2.18. The third-order valence-corrected chi connectivity index (χ3v) is 3.47. The van der Waals surface area contributed by atoms with Crippen molar-refractivity contribution in [3.8, 4) is 0 Å². The average Bonchev–Trinajstić information content (AvgIpc) is 2.39. The van der Waals surface area contributed by atoms with Crippen molar-refractivity contribution in [3.05, 3.63) is 0 Å². The van der Waals surface area contributed by atoms with Crippen molar-refractivity contribution in [3.63, 3.8) is 0 Å². The summed E-state index contributed by atoms with van der Waals surface area (Å²) in [5.41, 5.74) is 5.55. The van der Waals surface area contributed by atoms with Crippen molar-refractivity contribution in [2.24, 2.45) is 11.7 Å². The van der Waals surface area contributed by atoms with Crippen LogP contribution < -0.4 is 5.73 Å². The maximum absolute atomic E-state index is 12.2. The average molecular weight is 258 g/mol. The predicted molar refractivity (Wildman–Crippen MR) is 66.6 cm³/mol. The molecule has 0 saturated carbocycles. The summed E-state index contributed by atoms with van der Waals surface area (Å²) in [6.07, 6.45) is 1.57. The quantitative estimate of drug-likeness (QED) is 0.702. The predicted octanol–water partition coefficient (Wildman–Crippen LogP) is -0.0735. The number of hydrogen-bond donors (Lipinski definition) is 1. The fourth-order valence-electron chi connectivity index (χ4n) is 2.22. The standard InChI is InChI=1S/C11H18N2O3S/c12-10(17)9-6-13(3-5-16-9)11(14)8-2-1-4-15-7-8/h8-9H,1-7H2,(H2,12,17). The van der Waals surface area contributed by atoms with Gasteiger partial charge in [0.2, 0.25) is 5.91 Å². The summed E-state index contributed by atoms with van der Waals surface area (Å²) in [5, 5.41) is 0. The van der Waals surface area contributed by atoms with Gasteiger partial charge >= 0.3 is 0 Å². The summed E-state index contributed by atoms with van der Waals surface area (Å²) >= 11 is 4.90. The van der Waals surface area contributed by atoms with Gasteiger partial charge in [0.25, 0.3) is 0 Å². The topological polar surface area (TPSA) is 64.8 Å². The van der Waals surface area contributed by atoms with Crippen LogP contribution in [0.15, 0.2) is 0 Å². The van der Waals surface area contributed by atoms with Gasteiger partial charge < -0.3 is 20.1 Å². The zero-order valence-electron chi connectivity index (χ0n) is 9.76. The molecule has 2 rings (SSSR count). The van der Waals surface area contributed by atoms with E-state index < -0.39 is 0 Å². The highest BCUT2D eigenvalue weighted by Gasteiger charge is 2.31. The van der Waals surface area contributed by atoms with Crippen LogP contribution in [-0.2, 0) is 14.3 Å². The third kappa shape index (κ3) is 3.14. The zero-order valence-corrected chi connectivity index (χ0v) is 10.6. The van der Waals surface area contributed by atoms with Gasteiger partial charge in [-0.15, -0.1) is 0 Å². The monoisotopic (exact) mass is 258 g/mol. The molecular formula is C11H18N2O3S. The van der Waals surface area contributed by atoms with Gasteiger partial charge in [0.15, 0.2) is 0 Å². The number of nitrogens with two attached hydrogens (primary N) is 1. The van der Waals surface area contributed by atoms with E-state index in [4.69, 9.17) is 27.4 Å². The van der Waals surface area contributed by atoms with Crippen molar-refractivity contribution < 1.29 is 14.3 Å². The first kappa shape index (κ1) is 12.7. The summed E-state index contributed by atoms with van der Waals surface area (Å²) < 4.78 is 10.8. The van der Waals surface area contributed by atoms with Gasteiger partial charge in [0.1, 0.15) is 11.1 Å². The highest BCUT2D eigenvalue weighted by atomic mass is 32.1. The summed E-state index contributed by atoms with van der Waals surface area (Å²) in [5.74, 6) is 0.142. The Morgan fingerprint density at radius 2 is 2.24 bits per heavy atom. The molecule has 0 aromatic rings. The number of ether oxygens (including phenoxy) is 2. The molecule has 2 unspecified atom stereocenters. The molecule has 1 amide bonds. The molecule has 0 aromatic carbocycles. The second-order valence-electron chi connectivity index (χ2n) is 4.46. The lowest BCUT2D eigenvalue weighted by Gasteiger charge is -2.35. The van der Waals surface area contributed by atoms with E-state index >= 15 is 0 Å². The van der Waals surface area contributed by atoms with Gasteiger partial charge in [0.05, 0.1) is 25.7 Å². The van der Waals surface area contributed by atoms with E-state index in [9.17, 15) is 4.79 Å². The first-order valence-electron chi connectivity index (χ1n) is 5.96. The van der Waals surface area contributed by atoms with Crippen LogP contribution in [-0.4, -0.2) is 54.8 Å². The number of amides is 1. The number of hydrogen-bond acceptors (Lipinski definition) is 4. The Kier molecular flexibility index (Phi) is 4.31. The second-order valence-corrected chi connectivity index (χ2v) is 4.93. The molecule has 0 spiro atoms. The van der Waals surface area contributed by atoms with Crippen molar-refractivity contribution in [1.29, 1.82) is 0 Å². The van der Waals surface area contributed by atoms with Crippen molar-refractivity contribution in [2.75, 3.05) is 32.9 Å². The minimum absolute atomic E-state index is 0.00570. The van der Waals surface area contributed by atoms with Gasteiger partial charge in [-0.2, -0.15) is 0 Å². The Bertz CT molecular complexity index is 305. The first-order valence-corrected chi connectivity index (χ1v) is 6.37. The number of carbonyl (C=O) groups excluding carboxylic acids is 1. The van der Waals surface area contributed by atoms with Crippen molar-refractivity contribution >= 4 is 23.1 Å². The zero-order chi connectivity index (χ0) is 12.3. The van der Waals surface area contributed by atoms with E-state index in [0.717, 1.165) is 19.4 Å². The molecule has 2 atom stereocenters. The maximum atomic E-state index is 12.2. The molecule has 2 heterocycles. The van der Waals surface area contributed by atoms with Gasteiger partial charge in [-0.05, 0) is 12.8 Å². The van der Waals surface area contributed by atoms with Crippen LogP contribution in [0, 0.1) is 5.92 Å². The minimum atomic E-state index is -0.299. The lowest BCUT2D eigenvalue weighted by Crippen LogP contribution is -2.52. The molecule has 0 radical (unpaired) electrons. The Morgan fingerprint density at radius 1 is 1.41 bits per heavy atom. The molecule has 2 aliphatic heterocycles. The van der Waals surface area contributed by atoms with Crippen LogP contribution >= 0.6 is 12.2 Å². The lowest BCUT2D eigenvalue weighted by atomic mass is 10.0. The normalized spacial score (nSPS) is 30.0. The molecule has 2 aliphatic rings. The SMILES string of the molecule is NC(=S)C1CN(C(=O)C2CCCOC2)CCO1. The van der Waals surface area contributed by atoms with Crippen molar-refractivity contribution in [1.82, 2.24) is 4.90 Å². The van der Waals surface area contributed by atoms with E-state index in [1.807, 2.05) is 0 Å². The molecule has 17 heavy (non-hydrogen) atoms. The summed E-state index contributed by atoms with van der Waals surface area (Å²) in [6.45, 7) is 2.90. The Labute approximate surface area is 106 Å².